The van der Waals surface area contributed by atoms with Gasteiger partial charge in [-0.3, -0.25) is 0 Å². The summed E-state index contributed by atoms with van der Waals surface area (Å²) in [6.45, 7) is 1.52. The molecule has 0 aliphatic heterocycles. The molecule has 0 rings (SSSR count). The van der Waals surface area contributed by atoms with Gasteiger partial charge < -0.3 is 10.5 Å². The summed E-state index contributed by atoms with van der Waals surface area (Å²) in [6, 6.07) is -0.734. The van der Waals surface area contributed by atoms with Gasteiger partial charge in [0.15, 0.2) is 0 Å². The average Bonchev–Trinajstić information content (AvgIpc) is 2.17. The third-order valence-electron chi connectivity index (χ3n) is 1.52. The second kappa shape index (κ2) is 7.15. The molecule has 1 atom stereocenters. The van der Waals surface area contributed by atoms with Crippen LogP contribution in [0.5, 0.6) is 0 Å². The highest BCUT2D eigenvalue weighted by Gasteiger charge is 2.03. The highest BCUT2D eigenvalue weighted by atomic mass is 19.1. The van der Waals surface area contributed by atoms with Gasteiger partial charge in [-0.15, -0.1) is 0 Å². The third kappa shape index (κ3) is 5.37. The van der Waals surface area contributed by atoms with Crippen LogP contribution in [-0.4, -0.2) is 12.3 Å². The van der Waals surface area contributed by atoms with Crippen molar-refractivity contribution < 1.29 is 13.6 Å². The molecule has 0 bridgehead atoms. The minimum atomic E-state index is -0.734. The monoisotopic (exact) mass is 201 g/mol. The van der Waals surface area contributed by atoms with Gasteiger partial charge in [-0.1, -0.05) is 6.08 Å². The van der Waals surface area contributed by atoms with Gasteiger partial charge in [0.1, 0.15) is 12.1 Å². The van der Waals surface area contributed by atoms with E-state index in [0.717, 1.165) is 12.2 Å². The Morgan fingerprint density at radius 1 is 1.57 bits per heavy atom. The Labute approximate surface area is 81.8 Å². The van der Waals surface area contributed by atoms with Crippen LogP contribution in [0, 0.1) is 0 Å². The van der Waals surface area contributed by atoms with E-state index >= 15 is 0 Å². The molecule has 2 nitrogen and oxygen atoms in total. The van der Waals surface area contributed by atoms with Crippen LogP contribution in [0.25, 0.3) is 0 Å². The zero-order valence-electron chi connectivity index (χ0n) is 7.91. The van der Waals surface area contributed by atoms with E-state index in [1.54, 1.807) is 0 Å². The van der Waals surface area contributed by atoms with Crippen molar-refractivity contribution in [2.24, 2.45) is 5.73 Å². The molecule has 0 aliphatic rings. The van der Waals surface area contributed by atoms with Gasteiger partial charge in [-0.25, -0.2) is 8.78 Å². The summed E-state index contributed by atoms with van der Waals surface area (Å²) in [5.41, 5.74) is 5.65. The molecule has 0 aromatic heterocycles. The Morgan fingerprint density at radius 3 is 2.64 bits per heavy atom. The lowest BCUT2D eigenvalue weighted by Gasteiger charge is -2.03. The van der Waals surface area contributed by atoms with Gasteiger partial charge in [-0.2, -0.15) is 0 Å². The molecular weight excluding hydrogens is 188 g/mol. The Bertz CT molecular complexity index is 269. The van der Waals surface area contributed by atoms with Gasteiger partial charge in [0.25, 0.3) is 0 Å². The van der Waals surface area contributed by atoms with E-state index in [0.29, 0.717) is 11.9 Å². The fourth-order valence-electron chi connectivity index (χ4n) is 0.837. The quantitative estimate of drug-likeness (QED) is 0.547. The zero-order chi connectivity index (χ0) is 11.0. The molecule has 0 aromatic rings. The minimum Gasteiger partial charge on any atom is -0.321 e. The molecule has 14 heavy (non-hydrogen) atoms. The molecule has 0 aromatic carbocycles. The van der Waals surface area contributed by atoms with Crippen LogP contribution in [0.2, 0.25) is 0 Å². The number of hydrogen-bond acceptors (Lipinski definition) is 2. The van der Waals surface area contributed by atoms with Crippen LogP contribution in [0.1, 0.15) is 13.3 Å². The zero-order valence-corrected chi connectivity index (χ0v) is 7.91. The fourth-order valence-corrected chi connectivity index (χ4v) is 0.837. The summed E-state index contributed by atoms with van der Waals surface area (Å²) in [7, 11) is 0. The predicted molar refractivity (Wildman–Crippen MR) is 51.9 cm³/mol. The molecule has 0 radical (unpaired) electrons. The summed E-state index contributed by atoms with van der Waals surface area (Å²) in [5.74, 6) is -0.490. The predicted octanol–water partition coefficient (Wildman–Crippen LogP) is 2.19. The van der Waals surface area contributed by atoms with Crippen molar-refractivity contribution in [3.05, 3.63) is 36.0 Å². The van der Waals surface area contributed by atoms with Crippen molar-refractivity contribution in [1.82, 2.24) is 0 Å². The van der Waals surface area contributed by atoms with Crippen molar-refractivity contribution in [1.29, 1.82) is 0 Å². The Kier molecular flexibility index (Phi) is 6.49. The number of aldehydes is 1. The maximum absolute atomic E-state index is 12.8. The molecular formula is C10H13F2NO. The number of carbonyl (C=O) groups is 1. The highest BCUT2D eigenvalue weighted by Crippen LogP contribution is 2.10. The molecule has 0 aliphatic carbocycles. The molecule has 4 heteroatoms. The van der Waals surface area contributed by atoms with Crippen molar-refractivity contribution in [3.8, 4) is 0 Å². The largest absolute Gasteiger partial charge is 0.321 e. The molecule has 0 fully saturated rings. The highest BCUT2D eigenvalue weighted by molar-refractivity contribution is 5.58. The number of carbonyl (C=O) groups excluding carboxylic acids is 1. The topological polar surface area (TPSA) is 43.1 Å². The van der Waals surface area contributed by atoms with Crippen molar-refractivity contribution in [3.63, 3.8) is 0 Å². The van der Waals surface area contributed by atoms with Crippen LogP contribution >= 0.6 is 0 Å². The first-order chi connectivity index (χ1) is 6.63. The Hall–Kier alpha value is -1.29. The smallest absolute Gasteiger partial charge is 0.137 e. The van der Waals surface area contributed by atoms with Crippen LogP contribution in [-0.2, 0) is 4.79 Å². The number of hydrogen-bond donors (Lipinski definition) is 1. The lowest BCUT2D eigenvalue weighted by molar-refractivity contribution is -0.108. The van der Waals surface area contributed by atoms with Crippen LogP contribution < -0.4 is 5.73 Å². The summed E-state index contributed by atoms with van der Waals surface area (Å²) >= 11 is 0. The molecule has 78 valence electrons. The van der Waals surface area contributed by atoms with Crippen molar-refractivity contribution >= 4 is 6.29 Å². The van der Waals surface area contributed by atoms with Gasteiger partial charge in [0.2, 0.25) is 0 Å². The first-order valence-corrected chi connectivity index (χ1v) is 4.14. The Morgan fingerprint density at radius 2 is 2.21 bits per heavy atom. The van der Waals surface area contributed by atoms with E-state index < -0.39 is 11.9 Å². The fraction of sp³-hybridized carbons (Fsp3) is 0.300. The SMILES string of the molecule is C\C=C(F)/C=C(\C=C\F)CC(N)C=O. The molecule has 0 saturated heterocycles. The van der Waals surface area contributed by atoms with Crippen molar-refractivity contribution in [2.75, 3.05) is 0 Å². The van der Waals surface area contributed by atoms with Crippen LogP contribution in [0.3, 0.4) is 0 Å². The summed E-state index contributed by atoms with van der Waals surface area (Å²) in [4.78, 5) is 10.2. The molecule has 0 heterocycles. The second-order valence-corrected chi connectivity index (χ2v) is 2.69. The van der Waals surface area contributed by atoms with E-state index in [9.17, 15) is 13.6 Å². The van der Waals surface area contributed by atoms with Gasteiger partial charge in [-0.05, 0) is 31.1 Å². The third-order valence-corrected chi connectivity index (χ3v) is 1.52. The number of rotatable bonds is 5. The second-order valence-electron chi connectivity index (χ2n) is 2.69. The van der Waals surface area contributed by atoms with Gasteiger partial charge in [0.05, 0.1) is 12.4 Å². The first kappa shape index (κ1) is 12.7. The average molecular weight is 201 g/mol. The summed E-state index contributed by atoms with van der Waals surface area (Å²) in [6.07, 6.45) is 4.38. The van der Waals surface area contributed by atoms with E-state index in [4.69, 9.17) is 5.73 Å². The maximum atomic E-state index is 12.8. The number of nitrogens with two attached hydrogens (primary N) is 1. The molecule has 1 unspecified atom stereocenters. The normalized spacial score (nSPS) is 16.0. The van der Waals surface area contributed by atoms with E-state index in [-0.39, 0.29) is 12.8 Å². The van der Waals surface area contributed by atoms with E-state index in [1.165, 1.54) is 13.0 Å². The summed E-state index contributed by atoms with van der Waals surface area (Å²) in [5, 5.41) is 0. The standard InChI is InChI=1S/C10H13F2NO/c1-2-9(12)5-8(3-4-11)6-10(13)7-14/h2-5,7,10H,6,13H2,1H3/b4-3+,8-5+,9-2+. The first-order valence-electron chi connectivity index (χ1n) is 4.14. The van der Waals surface area contributed by atoms with Gasteiger partial charge in [0, 0.05) is 0 Å². The van der Waals surface area contributed by atoms with Crippen LogP contribution in [0.4, 0.5) is 8.78 Å². The maximum Gasteiger partial charge on any atom is 0.137 e. The molecule has 2 N–H and O–H groups in total. The Balaban J connectivity index is 4.59. The van der Waals surface area contributed by atoms with Crippen molar-refractivity contribution in [2.45, 2.75) is 19.4 Å². The molecule has 0 spiro atoms. The van der Waals surface area contributed by atoms with E-state index in [2.05, 4.69) is 0 Å². The number of halogens is 2. The van der Waals surface area contributed by atoms with Gasteiger partial charge >= 0.3 is 0 Å². The molecule has 0 amide bonds. The lowest BCUT2D eigenvalue weighted by Crippen LogP contribution is -2.21. The summed E-state index contributed by atoms with van der Waals surface area (Å²) < 4.78 is 24.6. The minimum absolute atomic E-state index is 0.116. The number of allylic oxidation sites excluding steroid dienone is 4. The van der Waals surface area contributed by atoms with E-state index in [1.807, 2.05) is 0 Å². The van der Waals surface area contributed by atoms with Crippen LogP contribution in [0.15, 0.2) is 36.0 Å². The molecule has 0 saturated carbocycles. The lowest BCUT2D eigenvalue weighted by atomic mass is 10.1.